The van der Waals surface area contributed by atoms with Gasteiger partial charge in [-0.25, -0.2) is 9.37 Å². The number of hydrogen-bond acceptors (Lipinski definition) is 5. The van der Waals surface area contributed by atoms with Crippen molar-refractivity contribution in [3.05, 3.63) is 99.3 Å². The molecule has 0 fully saturated rings. The molecule has 6 nitrogen and oxygen atoms in total. The van der Waals surface area contributed by atoms with Crippen molar-refractivity contribution in [1.82, 2.24) is 4.98 Å². The molecular weight excluding hydrogens is 435 g/mol. The molecule has 1 aliphatic rings. The highest BCUT2D eigenvalue weighted by molar-refractivity contribution is 6.10. The third-order valence-electron chi connectivity index (χ3n) is 5.92. The quantitative estimate of drug-likeness (QED) is 0.354. The number of unbranched alkanes of at least 4 members (excludes halogenated alkanes) is 1. The Morgan fingerprint density at radius 1 is 1.12 bits per heavy atom. The van der Waals surface area contributed by atoms with E-state index < -0.39 is 23.2 Å². The number of aromatic nitrogens is 1. The molecule has 34 heavy (non-hydrogen) atoms. The Hall–Kier alpha value is -4.00. The van der Waals surface area contributed by atoms with Crippen LogP contribution in [0.3, 0.4) is 0 Å². The highest BCUT2D eigenvalue weighted by Gasteiger charge is 2.44. The number of ether oxygens (including phenoxy) is 1. The molecule has 5 rings (SSSR count). The van der Waals surface area contributed by atoms with Crippen LogP contribution in [0.5, 0.6) is 5.75 Å². The molecule has 0 aliphatic carbocycles. The third kappa shape index (κ3) is 3.73. The van der Waals surface area contributed by atoms with Gasteiger partial charge in [-0.2, -0.15) is 0 Å². The largest absolute Gasteiger partial charge is 0.494 e. The number of hydrogen-bond donors (Lipinski definition) is 0. The zero-order chi connectivity index (χ0) is 23.8. The highest BCUT2D eigenvalue weighted by atomic mass is 19.1. The van der Waals surface area contributed by atoms with E-state index in [1.54, 1.807) is 12.3 Å². The van der Waals surface area contributed by atoms with E-state index in [9.17, 15) is 14.0 Å². The summed E-state index contributed by atoms with van der Waals surface area (Å²) in [6.07, 6.45) is 3.57. The zero-order valence-electron chi connectivity index (χ0n) is 18.9. The predicted octanol–water partition coefficient (Wildman–Crippen LogP) is 5.56. The molecule has 0 saturated heterocycles. The number of carbonyl (C=O) groups excluding carboxylic acids is 1. The number of carbonyl (C=O) groups is 1. The second kappa shape index (κ2) is 8.74. The molecule has 1 amide bonds. The monoisotopic (exact) mass is 458 g/mol. The van der Waals surface area contributed by atoms with E-state index in [0.29, 0.717) is 23.7 Å². The second-order valence-electron chi connectivity index (χ2n) is 8.36. The first kappa shape index (κ1) is 21.8. The molecule has 0 radical (unpaired) electrons. The van der Waals surface area contributed by atoms with Crippen molar-refractivity contribution in [2.75, 3.05) is 11.5 Å². The number of rotatable bonds is 6. The van der Waals surface area contributed by atoms with Crippen LogP contribution in [0.15, 0.2) is 70.0 Å². The van der Waals surface area contributed by atoms with Crippen molar-refractivity contribution in [3.63, 3.8) is 0 Å². The Labute approximate surface area is 195 Å². The van der Waals surface area contributed by atoms with E-state index in [1.165, 1.54) is 17.0 Å². The summed E-state index contributed by atoms with van der Waals surface area (Å²) in [5.74, 6) is -0.0615. The maximum atomic E-state index is 14.0. The van der Waals surface area contributed by atoms with Crippen molar-refractivity contribution in [2.45, 2.75) is 32.7 Å². The molecule has 7 heteroatoms. The van der Waals surface area contributed by atoms with Crippen LogP contribution >= 0.6 is 0 Å². The lowest BCUT2D eigenvalue weighted by Crippen LogP contribution is -2.30. The molecule has 1 aliphatic heterocycles. The van der Waals surface area contributed by atoms with Crippen LogP contribution in [0.4, 0.5) is 10.2 Å². The molecule has 2 aromatic carbocycles. The Kier molecular flexibility index (Phi) is 5.61. The van der Waals surface area contributed by atoms with Crippen LogP contribution in [0.2, 0.25) is 0 Å². The number of aryl methyl sites for hydroxylation is 1. The summed E-state index contributed by atoms with van der Waals surface area (Å²) in [5, 5.41) is 0.0885. The average Bonchev–Trinajstić information content (AvgIpc) is 3.13. The van der Waals surface area contributed by atoms with Crippen molar-refractivity contribution in [1.29, 1.82) is 0 Å². The molecule has 0 bridgehead atoms. The van der Waals surface area contributed by atoms with E-state index in [0.717, 1.165) is 24.5 Å². The van der Waals surface area contributed by atoms with Crippen LogP contribution in [0, 0.1) is 12.7 Å². The smallest absolute Gasteiger partial charge is 0.296 e. The summed E-state index contributed by atoms with van der Waals surface area (Å²) < 4.78 is 25.7. The molecular formula is C27H23FN2O4. The number of nitrogens with zero attached hydrogens (tertiary/aromatic N) is 2. The van der Waals surface area contributed by atoms with Gasteiger partial charge < -0.3 is 9.15 Å². The van der Waals surface area contributed by atoms with Crippen LogP contribution in [0.1, 0.15) is 53.1 Å². The number of benzene rings is 2. The van der Waals surface area contributed by atoms with Crippen LogP contribution in [-0.4, -0.2) is 17.5 Å². The zero-order valence-corrected chi connectivity index (χ0v) is 18.9. The van der Waals surface area contributed by atoms with E-state index in [2.05, 4.69) is 11.9 Å². The van der Waals surface area contributed by atoms with Crippen molar-refractivity contribution in [2.24, 2.45) is 0 Å². The van der Waals surface area contributed by atoms with Crippen molar-refractivity contribution in [3.8, 4) is 5.75 Å². The summed E-state index contributed by atoms with van der Waals surface area (Å²) >= 11 is 0. The Morgan fingerprint density at radius 3 is 2.74 bits per heavy atom. The fraction of sp³-hybridized carbons (Fsp3) is 0.222. The fourth-order valence-electron chi connectivity index (χ4n) is 4.21. The minimum atomic E-state index is -0.795. The van der Waals surface area contributed by atoms with Crippen molar-refractivity contribution >= 4 is 22.7 Å². The van der Waals surface area contributed by atoms with E-state index in [4.69, 9.17) is 9.15 Å². The van der Waals surface area contributed by atoms with E-state index >= 15 is 0 Å². The minimum Gasteiger partial charge on any atom is -0.494 e. The molecule has 1 atom stereocenters. The van der Waals surface area contributed by atoms with Gasteiger partial charge in [0.25, 0.3) is 5.91 Å². The summed E-state index contributed by atoms with van der Waals surface area (Å²) in [7, 11) is 0. The van der Waals surface area contributed by atoms with E-state index in [1.807, 2.05) is 37.3 Å². The average molecular weight is 458 g/mol. The lowest BCUT2D eigenvalue weighted by atomic mass is 9.98. The predicted molar refractivity (Wildman–Crippen MR) is 127 cm³/mol. The molecule has 3 heterocycles. The number of amides is 1. The van der Waals surface area contributed by atoms with Gasteiger partial charge in [-0.3, -0.25) is 14.5 Å². The van der Waals surface area contributed by atoms with Crippen LogP contribution in [0.25, 0.3) is 11.0 Å². The van der Waals surface area contributed by atoms with Gasteiger partial charge in [-0.1, -0.05) is 31.5 Å². The van der Waals surface area contributed by atoms with Crippen molar-refractivity contribution < 1.29 is 18.3 Å². The number of anilines is 1. The summed E-state index contributed by atoms with van der Waals surface area (Å²) in [5.41, 5.74) is 1.49. The second-order valence-corrected chi connectivity index (χ2v) is 8.36. The molecule has 0 N–H and O–H groups in total. The molecule has 2 aromatic heterocycles. The maximum absolute atomic E-state index is 14.0. The summed E-state index contributed by atoms with van der Waals surface area (Å²) in [6, 6.07) is 13.8. The first-order valence-electron chi connectivity index (χ1n) is 11.2. The molecule has 172 valence electrons. The standard InChI is InChI=1S/C27H23FN2O4/c1-3-4-12-33-19-7-5-6-17(13-19)24-23-25(31)20-14-18(28)9-10-21(20)34-26(23)27(32)30(24)22-11-8-16(2)15-29-22/h5-11,13-15,24H,3-4,12H2,1-2H3. The van der Waals surface area contributed by atoms with Gasteiger partial charge in [0.05, 0.1) is 23.6 Å². The Bertz CT molecular complexity index is 1450. The fourth-order valence-corrected chi connectivity index (χ4v) is 4.21. The normalized spacial score (nSPS) is 15.1. The van der Waals surface area contributed by atoms with E-state index in [-0.39, 0.29) is 22.3 Å². The third-order valence-corrected chi connectivity index (χ3v) is 5.92. The van der Waals surface area contributed by atoms with Gasteiger partial charge in [0.15, 0.2) is 5.43 Å². The van der Waals surface area contributed by atoms with Gasteiger partial charge in [-0.15, -0.1) is 0 Å². The summed E-state index contributed by atoms with van der Waals surface area (Å²) in [6.45, 7) is 4.55. The van der Waals surface area contributed by atoms with Crippen LogP contribution in [-0.2, 0) is 0 Å². The number of halogens is 1. The number of pyridine rings is 1. The van der Waals surface area contributed by atoms with Gasteiger partial charge >= 0.3 is 0 Å². The first-order valence-corrected chi connectivity index (χ1v) is 11.2. The van der Waals surface area contributed by atoms with Gasteiger partial charge in [0.2, 0.25) is 5.76 Å². The highest BCUT2D eigenvalue weighted by Crippen LogP contribution is 2.41. The summed E-state index contributed by atoms with van der Waals surface area (Å²) in [4.78, 5) is 33.0. The SMILES string of the molecule is CCCCOc1cccc(C2c3c(oc4ccc(F)cc4c3=O)C(=O)N2c2ccc(C)cn2)c1. The minimum absolute atomic E-state index is 0.0613. The number of fused-ring (bicyclic) bond motifs is 2. The van der Waals surface area contributed by atoms with Gasteiger partial charge in [0, 0.05) is 6.20 Å². The molecule has 0 saturated carbocycles. The first-order chi connectivity index (χ1) is 16.5. The molecule has 4 aromatic rings. The van der Waals surface area contributed by atoms with Gasteiger partial charge in [-0.05, 0) is 60.9 Å². The lowest BCUT2D eigenvalue weighted by Gasteiger charge is -2.24. The Balaban J connectivity index is 1.71. The lowest BCUT2D eigenvalue weighted by molar-refractivity contribution is 0.0970. The molecule has 0 spiro atoms. The van der Waals surface area contributed by atoms with Crippen LogP contribution < -0.4 is 15.1 Å². The van der Waals surface area contributed by atoms with Gasteiger partial charge in [0.1, 0.15) is 23.0 Å². The topological polar surface area (TPSA) is 72.6 Å². The maximum Gasteiger partial charge on any atom is 0.296 e. The Morgan fingerprint density at radius 2 is 1.97 bits per heavy atom. The molecule has 1 unspecified atom stereocenters.